The summed E-state index contributed by atoms with van der Waals surface area (Å²) in [4.78, 5) is 0. The Balaban J connectivity index is -0.000000607. The average Bonchev–Trinajstić information content (AvgIpc) is 3.00. The molecule has 0 atom stereocenters. The van der Waals surface area contributed by atoms with Crippen molar-refractivity contribution in [2.45, 2.75) is 142 Å². The third-order valence-corrected chi connectivity index (χ3v) is 8.80. The van der Waals surface area contributed by atoms with E-state index in [2.05, 4.69) is 13.8 Å². The third kappa shape index (κ3) is 42.1. The van der Waals surface area contributed by atoms with Gasteiger partial charge in [-0.25, -0.2) is 16.8 Å². The first-order valence-corrected chi connectivity index (χ1v) is 20.4. The molecular formula is C36H60Na2O7S2. The maximum absolute atomic E-state index is 10.3. The summed E-state index contributed by atoms with van der Waals surface area (Å²) < 4.78 is 67.4. The predicted molar refractivity (Wildman–Crippen MR) is 186 cm³/mol. The van der Waals surface area contributed by atoms with Crippen LogP contribution in [-0.2, 0) is 20.2 Å². The van der Waals surface area contributed by atoms with Crippen LogP contribution in [0.15, 0.2) is 60.7 Å². The van der Waals surface area contributed by atoms with E-state index < -0.39 is 20.2 Å². The molecule has 0 bridgehead atoms. The summed E-state index contributed by atoms with van der Waals surface area (Å²) in [5.41, 5.74) is 0. The molecule has 0 amide bonds. The fraction of sp³-hybridized carbons (Fsp3) is 0.667. The van der Waals surface area contributed by atoms with Crippen molar-refractivity contribution in [3.8, 4) is 11.5 Å². The quantitative estimate of drug-likeness (QED) is 0.0898. The van der Waals surface area contributed by atoms with Crippen molar-refractivity contribution >= 4 is 20.2 Å². The summed E-state index contributed by atoms with van der Waals surface area (Å²) in [7, 11) is -7.96. The minimum absolute atomic E-state index is 0. The van der Waals surface area contributed by atoms with Gasteiger partial charge in [-0.1, -0.05) is 166 Å². The van der Waals surface area contributed by atoms with Crippen molar-refractivity contribution in [3.05, 3.63) is 60.7 Å². The zero-order valence-electron chi connectivity index (χ0n) is 30.0. The van der Waals surface area contributed by atoms with Crippen molar-refractivity contribution in [3.63, 3.8) is 0 Å². The normalized spacial score (nSPS) is 10.7. The number of unbranched alkanes of at least 4 members (excludes halogenated alkanes) is 18. The van der Waals surface area contributed by atoms with E-state index in [1.807, 2.05) is 60.7 Å². The molecule has 11 heteroatoms. The van der Waals surface area contributed by atoms with Gasteiger partial charge in [-0.15, -0.1) is 0 Å². The maximum Gasteiger partial charge on any atom is 1.00 e. The largest absolute Gasteiger partial charge is 1.00 e. The van der Waals surface area contributed by atoms with Crippen LogP contribution in [0.5, 0.6) is 11.5 Å². The van der Waals surface area contributed by atoms with Crippen molar-refractivity contribution in [2.75, 3.05) is 11.5 Å². The maximum atomic E-state index is 10.3. The molecule has 47 heavy (non-hydrogen) atoms. The van der Waals surface area contributed by atoms with Crippen LogP contribution in [0.2, 0.25) is 0 Å². The molecule has 2 aromatic rings. The minimum Gasteiger partial charge on any atom is -0.748 e. The Kier molecular flexibility index (Phi) is 39.3. The molecule has 2 rings (SSSR count). The van der Waals surface area contributed by atoms with Gasteiger partial charge in [0, 0.05) is 11.5 Å². The Morgan fingerprint density at radius 1 is 0.426 bits per heavy atom. The Hall–Kier alpha value is 0.0600. The molecule has 0 N–H and O–H groups in total. The topological polar surface area (TPSA) is 124 Å². The number of rotatable bonds is 24. The smallest absolute Gasteiger partial charge is 0.748 e. The zero-order valence-corrected chi connectivity index (χ0v) is 35.6. The molecule has 260 valence electrons. The van der Waals surface area contributed by atoms with E-state index in [4.69, 9.17) is 4.74 Å². The van der Waals surface area contributed by atoms with Gasteiger partial charge in [0.1, 0.15) is 11.5 Å². The summed E-state index contributed by atoms with van der Waals surface area (Å²) in [5.74, 6) is 1.36. The zero-order chi connectivity index (χ0) is 33.5. The second-order valence-corrected chi connectivity index (χ2v) is 14.7. The summed E-state index contributed by atoms with van der Waals surface area (Å²) in [6.45, 7) is 4.42. The summed E-state index contributed by atoms with van der Waals surface area (Å²) in [6.07, 6.45) is 22.9. The van der Waals surface area contributed by atoms with Crippen molar-refractivity contribution in [1.82, 2.24) is 0 Å². The van der Waals surface area contributed by atoms with Gasteiger partial charge in [0.15, 0.2) is 0 Å². The molecule has 0 aliphatic heterocycles. The van der Waals surface area contributed by atoms with Gasteiger partial charge in [0.25, 0.3) is 0 Å². The van der Waals surface area contributed by atoms with Gasteiger partial charge < -0.3 is 13.8 Å². The number of hydrogen-bond acceptors (Lipinski definition) is 7. The number of hydrogen-bond donors (Lipinski definition) is 0. The molecular weight excluding hydrogens is 655 g/mol. The molecule has 0 saturated carbocycles. The van der Waals surface area contributed by atoms with Gasteiger partial charge in [-0.2, -0.15) is 0 Å². The van der Waals surface area contributed by atoms with E-state index in [0.29, 0.717) is 12.8 Å². The Morgan fingerprint density at radius 3 is 0.894 bits per heavy atom. The standard InChI is InChI=1S/2C12H26O3S.C12H10O.2Na/c2*1-2-3-4-5-6-7-8-9-10-11-12-16(13,14)15;1-3-7-11(8-4-1)13-12-9-5-2-6-10-12;;/h2*2-12H2,1H3,(H,13,14,15);1-10H;;/q;;;2*+1/p-2. The van der Waals surface area contributed by atoms with Crippen LogP contribution in [-0.4, -0.2) is 37.4 Å². The molecule has 0 unspecified atom stereocenters. The van der Waals surface area contributed by atoms with Crippen LogP contribution >= 0.6 is 0 Å². The van der Waals surface area contributed by atoms with Crippen molar-refractivity contribution in [1.29, 1.82) is 0 Å². The first-order chi connectivity index (χ1) is 21.6. The van der Waals surface area contributed by atoms with E-state index in [9.17, 15) is 25.9 Å². The van der Waals surface area contributed by atoms with Crippen LogP contribution in [0.4, 0.5) is 0 Å². The second kappa shape index (κ2) is 35.9. The Bertz CT molecular complexity index is 1030. The molecule has 0 saturated heterocycles. The Morgan fingerprint density at radius 2 is 0.660 bits per heavy atom. The van der Waals surface area contributed by atoms with E-state index in [-0.39, 0.29) is 70.6 Å². The van der Waals surface area contributed by atoms with Crippen molar-refractivity contribution < 1.29 is 89.8 Å². The monoisotopic (exact) mass is 714 g/mol. The van der Waals surface area contributed by atoms with Crippen molar-refractivity contribution in [2.24, 2.45) is 0 Å². The van der Waals surface area contributed by atoms with Crippen LogP contribution < -0.4 is 63.9 Å². The van der Waals surface area contributed by atoms with Crippen LogP contribution in [0, 0.1) is 0 Å². The van der Waals surface area contributed by atoms with Crippen LogP contribution in [0.25, 0.3) is 0 Å². The van der Waals surface area contributed by atoms with E-state index in [0.717, 1.165) is 37.2 Å². The molecule has 0 heterocycles. The molecule has 2 aromatic carbocycles. The molecule has 0 radical (unpaired) electrons. The van der Waals surface area contributed by atoms with E-state index in [1.54, 1.807) is 0 Å². The number of benzene rings is 2. The molecule has 0 aliphatic carbocycles. The van der Waals surface area contributed by atoms with Gasteiger partial charge >= 0.3 is 59.1 Å². The molecule has 0 aliphatic rings. The fourth-order valence-electron chi connectivity index (χ4n) is 4.65. The van der Waals surface area contributed by atoms with E-state index >= 15 is 0 Å². The number of ether oxygens (including phenoxy) is 1. The first-order valence-electron chi connectivity index (χ1n) is 17.2. The van der Waals surface area contributed by atoms with Gasteiger partial charge in [0.2, 0.25) is 0 Å². The fourth-order valence-corrected chi connectivity index (χ4v) is 5.76. The summed E-state index contributed by atoms with van der Waals surface area (Å²) >= 11 is 0. The summed E-state index contributed by atoms with van der Waals surface area (Å²) in [5, 5.41) is 0. The van der Waals surface area contributed by atoms with E-state index in [1.165, 1.54) is 89.9 Å². The molecule has 0 fully saturated rings. The average molecular weight is 715 g/mol. The number of para-hydroxylation sites is 2. The third-order valence-electron chi connectivity index (χ3n) is 7.22. The van der Waals surface area contributed by atoms with Gasteiger partial charge in [-0.05, 0) is 37.1 Å². The predicted octanol–water partition coefficient (Wildman–Crippen LogP) is 4.39. The second-order valence-electron chi connectivity index (χ2n) is 11.6. The summed E-state index contributed by atoms with van der Waals surface area (Å²) in [6, 6.07) is 19.5. The first kappa shape index (κ1) is 51.4. The van der Waals surface area contributed by atoms with Gasteiger partial charge in [-0.3, -0.25) is 0 Å². The van der Waals surface area contributed by atoms with Crippen LogP contribution in [0.1, 0.15) is 142 Å². The Labute approximate surface area is 332 Å². The molecule has 0 aromatic heterocycles. The minimum atomic E-state index is -3.98. The molecule has 7 nitrogen and oxygen atoms in total. The SMILES string of the molecule is CCCCCCCCCCCCS(=O)(=O)[O-].CCCCCCCCCCCCS(=O)(=O)[O-].[Na+].[Na+].c1ccc(Oc2ccccc2)cc1. The van der Waals surface area contributed by atoms with Crippen LogP contribution in [0.3, 0.4) is 0 Å². The van der Waals surface area contributed by atoms with Gasteiger partial charge in [0.05, 0.1) is 20.2 Å². The molecule has 0 spiro atoms.